The van der Waals surface area contributed by atoms with Gasteiger partial charge in [0.1, 0.15) is 5.82 Å². The normalized spacial score (nSPS) is 11.9. The minimum absolute atomic E-state index is 0.0921. The number of anilines is 1. The van der Waals surface area contributed by atoms with Gasteiger partial charge in [0.05, 0.1) is 29.8 Å². The lowest BCUT2D eigenvalue weighted by atomic mass is 10.1. The topological polar surface area (TPSA) is 75.9 Å². The molecule has 0 aliphatic heterocycles. The molecule has 1 amide bonds. The van der Waals surface area contributed by atoms with E-state index in [9.17, 15) is 4.79 Å². The van der Waals surface area contributed by atoms with Crippen LogP contribution in [0.5, 0.6) is 0 Å². The Hall–Kier alpha value is -3.22. The maximum Gasteiger partial charge on any atom is 0.251 e. The second-order valence-electron chi connectivity index (χ2n) is 6.55. The van der Waals surface area contributed by atoms with Crippen LogP contribution in [-0.2, 0) is 7.05 Å². The van der Waals surface area contributed by atoms with Crippen molar-refractivity contribution >= 4 is 11.7 Å². The van der Waals surface area contributed by atoms with E-state index >= 15 is 0 Å². The van der Waals surface area contributed by atoms with Gasteiger partial charge in [-0.05, 0) is 24.6 Å². The molecular weight excluding hydrogens is 340 g/mol. The lowest BCUT2D eigenvalue weighted by Gasteiger charge is -2.17. The van der Waals surface area contributed by atoms with Gasteiger partial charge in [0.2, 0.25) is 0 Å². The van der Waals surface area contributed by atoms with E-state index in [2.05, 4.69) is 20.4 Å². The zero-order valence-electron chi connectivity index (χ0n) is 16.0. The third kappa shape index (κ3) is 4.13. The summed E-state index contributed by atoms with van der Waals surface area (Å²) in [5, 5.41) is 7.28. The Morgan fingerprint density at radius 3 is 2.74 bits per heavy atom. The molecule has 0 unspecified atom stereocenters. The van der Waals surface area contributed by atoms with Gasteiger partial charge in [-0.1, -0.05) is 19.1 Å². The largest absolute Gasteiger partial charge is 0.361 e. The standard InChI is InChI=1S/C20H24N6O/c1-5-16(18-9-10-22-26(18)4)24-20(27)15-8-6-7-14(11-15)17-12-21-13-19(23-17)25(2)3/h6-13,16H,5H2,1-4H3,(H,24,27)/t16-/m0/s1. The lowest BCUT2D eigenvalue weighted by molar-refractivity contribution is 0.0934. The van der Waals surface area contributed by atoms with Gasteiger partial charge in [0.15, 0.2) is 0 Å². The molecule has 0 aliphatic rings. The second kappa shape index (κ2) is 7.99. The van der Waals surface area contributed by atoms with E-state index < -0.39 is 0 Å². The molecule has 0 spiro atoms. The molecular formula is C20H24N6O. The molecule has 1 atom stereocenters. The van der Waals surface area contributed by atoms with Crippen molar-refractivity contribution in [3.05, 3.63) is 60.2 Å². The van der Waals surface area contributed by atoms with Crippen molar-refractivity contribution in [2.75, 3.05) is 19.0 Å². The highest BCUT2D eigenvalue weighted by molar-refractivity contribution is 5.95. The molecule has 27 heavy (non-hydrogen) atoms. The van der Waals surface area contributed by atoms with Crippen LogP contribution in [-0.4, -0.2) is 39.8 Å². The minimum Gasteiger partial charge on any atom is -0.361 e. The van der Waals surface area contributed by atoms with E-state index in [0.717, 1.165) is 29.2 Å². The maximum absolute atomic E-state index is 12.8. The average molecular weight is 364 g/mol. The Morgan fingerprint density at radius 2 is 2.07 bits per heavy atom. The van der Waals surface area contributed by atoms with Crippen molar-refractivity contribution in [1.82, 2.24) is 25.1 Å². The van der Waals surface area contributed by atoms with Crippen LogP contribution in [0.15, 0.2) is 48.9 Å². The number of hydrogen-bond donors (Lipinski definition) is 1. The molecule has 0 radical (unpaired) electrons. The molecule has 1 aromatic carbocycles. The third-order valence-corrected chi connectivity index (χ3v) is 4.43. The van der Waals surface area contributed by atoms with Gasteiger partial charge >= 0.3 is 0 Å². The van der Waals surface area contributed by atoms with Crippen molar-refractivity contribution < 1.29 is 4.79 Å². The number of nitrogens with one attached hydrogen (secondary N) is 1. The van der Waals surface area contributed by atoms with Crippen molar-refractivity contribution in [2.24, 2.45) is 7.05 Å². The fourth-order valence-electron chi connectivity index (χ4n) is 2.88. The van der Waals surface area contributed by atoms with Crippen molar-refractivity contribution in [3.63, 3.8) is 0 Å². The first-order chi connectivity index (χ1) is 13.0. The molecule has 0 fully saturated rings. The van der Waals surface area contributed by atoms with Gasteiger partial charge in [0, 0.05) is 38.5 Å². The highest BCUT2D eigenvalue weighted by atomic mass is 16.1. The number of aromatic nitrogens is 4. The SMILES string of the molecule is CC[C@H](NC(=O)c1cccc(-c2cncc(N(C)C)n2)c1)c1ccnn1C. The van der Waals surface area contributed by atoms with Crippen LogP contribution in [0.3, 0.4) is 0 Å². The molecule has 3 aromatic rings. The number of aryl methyl sites for hydroxylation is 1. The van der Waals surface area contributed by atoms with Gasteiger partial charge < -0.3 is 10.2 Å². The molecule has 2 heterocycles. The Labute approximate surface area is 159 Å². The molecule has 140 valence electrons. The molecule has 7 heteroatoms. The summed E-state index contributed by atoms with van der Waals surface area (Å²) in [5.74, 6) is 0.645. The maximum atomic E-state index is 12.8. The fourth-order valence-corrected chi connectivity index (χ4v) is 2.88. The van der Waals surface area contributed by atoms with Gasteiger partial charge in [-0.25, -0.2) is 4.98 Å². The van der Waals surface area contributed by atoms with Crippen molar-refractivity contribution in [2.45, 2.75) is 19.4 Å². The van der Waals surface area contributed by atoms with E-state index in [1.54, 1.807) is 29.3 Å². The predicted molar refractivity (Wildman–Crippen MR) is 106 cm³/mol. The van der Waals surface area contributed by atoms with E-state index in [1.165, 1.54) is 0 Å². The summed E-state index contributed by atoms with van der Waals surface area (Å²) in [5.41, 5.74) is 3.15. The molecule has 0 saturated heterocycles. The highest BCUT2D eigenvalue weighted by Gasteiger charge is 2.17. The number of amides is 1. The summed E-state index contributed by atoms with van der Waals surface area (Å²) >= 11 is 0. The van der Waals surface area contributed by atoms with E-state index in [0.29, 0.717) is 5.56 Å². The molecule has 1 N–H and O–H groups in total. The number of nitrogens with zero attached hydrogens (tertiary/aromatic N) is 5. The summed E-state index contributed by atoms with van der Waals surface area (Å²) < 4.78 is 1.78. The van der Waals surface area contributed by atoms with Crippen LogP contribution in [0.25, 0.3) is 11.3 Å². The van der Waals surface area contributed by atoms with Crippen LogP contribution in [0.4, 0.5) is 5.82 Å². The predicted octanol–water partition coefficient (Wildman–Crippen LogP) is 2.82. The molecule has 7 nitrogen and oxygen atoms in total. The Morgan fingerprint density at radius 1 is 1.26 bits per heavy atom. The van der Waals surface area contributed by atoms with Crippen LogP contribution in [0.1, 0.15) is 35.4 Å². The number of hydrogen-bond acceptors (Lipinski definition) is 5. The first-order valence-corrected chi connectivity index (χ1v) is 8.88. The van der Waals surface area contributed by atoms with E-state index in [4.69, 9.17) is 0 Å². The Kier molecular flexibility index (Phi) is 5.49. The van der Waals surface area contributed by atoms with Gasteiger partial charge in [-0.15, -0.1) is 0 Å². The first-order valence-electron chi connectivity index (χ1n) is 8.88. The lowest BCUT2D eigenvalue weighted by Crippen LogP contribution is -2.29. The average Bonchev–Trinajstić information content (AvgIpc) is 3.12. The monoisotopic (exact) mass is 364 g/mol. The molecule has 0 aliphatic carbocycles. The molecule has 3 rings (SSSR count). The fraction of sp³-hybridized carbons (Fsp3) is 0.300. The number of carbonyl (C=O) groups is 1. The summed E-state index contributed by atoms with van der Waals surface area (Å²) in [7, 11) is 5.71. The van der Waals surface area contributed by atoms with Crippen LogP contribution < -0.4 is 10.2 Å². The first kappa shape index (κ1) is 18.6. The minimum atomic E-state index is -0.123. The van der Waals surface area contributed by atoms with Crippen molar-refractivity contribution in [3.8, 4) is 11.3 Å². The van der Waals surface area contributed by atoms with Crippen LogP contribution in [0, 0.1) is 0 Å². The molecule has 2 aromatic heterocycles. The summed E-state index contributed by atoms with van der Waals surface area (Å²) in [6.07, 6.45) is 5.93. The van der Waals surface area contributed by atoms with Gasteiger partial charge in [-0.3, -0.25) is 14.5 Å². The van der Waals surface area contributed by atoms with E-state index in [1.807, 2.05) is 57.2 Å². The van der Waals surface area contributed by atoms with Gasteiger partial charge in [-0.2, -0.15) is 5.10 Å². The zero-order chi connectivity index (χ0) is 19.4. The van der Waals surface area contributed by atoms with Crippen molar-refractivity contribution in [1.29, 1.82) is 0 Å². The summed E-state index contributed by atoms with van der Waals surface area (Å²) in [6, 6.07) is 9.27. The quantitative estimate of drug-likeness (QED) is 0.728. The van der Waals surface area contributed by atoms with Gasteiger partial charge in [0.25, 0.3) is 5.91 Å². The third-order valence-electron chi connectivity index (χ3n) is 4.43. The second-order valence-corrected chi connectivity index (χ2v) is 6.55. The molecule has 0 saturated carbocycles. The number of carbonyl (C=O) groups excluding carboxylic acids is 1. The molecule has 0 bridgehead atoms. The van der Waals surface area contributed by atoms with Crippen LogP contribution in [0.2, 0.25) is 0 Å². The highest BCUT2D eigenvalue weighted by Crippen LogP contribution is 2.21. The Bertz CT molecular complexity index is 933. The van der Waals surface area contributed by atoms with Crippen LogP contribution >= 0.6 is 0 Å². The summed E-state index contributed by atoms with van der Waals surface area (Å²) in [4.78, 5) is 23.5. The smallest absolute Gasteiger partial charge is 0.251 e. The van der Waals surface area contributed by atoms with E-state index in [-0.39, 0.29) is 11.9 Å². The Balaban J connectivity index is 1.83. The zero-order valence-corrected chi connectivity index (χ0v) is 16.0. The summed E-state index contributed by atoms with van der Waals surface area (Å²) in [6.45, 7) is 2.04. The number of rotatable bonds is 6. The number of benzene rings is 1.